The number of fused-ring (bicyclic) bond motifs is 1. The van der Waals surface area contributed by atoms with Gasteiger partial charge >= 0.3 is 0 Å². The van der Waals surface area contributed by atoms with Crippen LogP contribution in [0.1, 0.15) is 55.5 Å². The van der Waals surface area contributed by atoms with Crippen molar-refractivity contribution in [3.8, 4) is 17.2 Å². The molecule has 2 atom stereocenters. The predicted molar refractivity (Wildman–Crippen MR) is 142 cm³/mol. The number of carbonyl (C=O) groups is 2. The molecule has 3 heterocycles. The molecule has 1 N–H and O–H groups in total. The van der Waals surface area contributed by atoms with E-state index in [2.05, 4.69) is 4.98 Å². The molecule has 0 bridgehead atoms. The fourth-order valence-corrected chi connectivity index (χ4v) is 5.12. The molecule has 2 aromatic carbocycles. The molecular weight excluding hydrogens is 496 g/mol. The summed E-state index contributed by atoms with van der Waals surface area (Å²) in [6.07, 6.45) is 5.06. The van der Waals surface area contributed by atoms with Crippen LogP contribution in [0, 0.1) is 0 Å². The molecule has 0 aliphatic carbocycles. The van der Waals surface area contributed by atoms with E-state index >= 15 is 0 Å². The molecule has 0 spiro atoms. The van der Waals surface area contributed by atoms with Gasteiger partial charge in [-0.2, -0.15) is 0 Å². The summed E-state index contributed by atoms with van der Waals surface area (Å²) in [4.78, 5) is 31.3. The summed E-state index contributed by atoms with van der Waals surface area (Å²) in [5.41, 5.74) is 2.60. The Kier molecular flexibility index (Phi) is 7.54. The quantitative estimate of drug-likeness (QED) is 0.240. The Morgan fingerprint density at radius 1 is 1.10 bits per heavy atom. The van der Waals surface area contributed by atoms with Crippen molar-refractivity contribution in [2.75, 3.05) is 13.2 Å². The highest BCUT2D eigenvalue weighted by Crippen LogP contribution is 2.43. The van der Waals surface area contributed by atoms with Gasteiger partial charge in [0.1, 0.15) is 11.9 Å². The molecule has 2 unspecified atom stereocenters. The van der Waals surface area contributed by atoms with E-state index in [-0.39, 0.29) is 18.2 Å². The molecule has 8 heteroatoms. The summed E-state index contributed by atoms with van der Waals surface area (Å²) < 4.78 is 17.5. The SMILES string of the molecule is CCCOc1ccc(C2C(=C([O-])c3ccc4c(c3)CC(C)O4)C(=O)C(=O)N2Cc2ccc[nH+]c2)cc1OCC. The van der Waals surface area contributed by atoms with Gasteiger partial charge in [0.15, 0.2) is 23.9 Å². The maximum atomic E-state index is 13.9. The zero-order valence-corrected chi connectivity index (χ0v) is 22.4. The first-order valence-corrected chi connectivity index (χ1v) is 13.3. The lowest BCUT2D eigenvalue weighted by molar-refractivity contribution is -0.378. The molecule has 1 saturated heterocycles. The Morgan fingerprint density at radius 2 is 1.95 bits per heavy atom. The van der Waals surface area contributed by atoms with Crippen LogP contribution in [0.15, 0.2) is 66.5 Å². The summed E-state index contributed by atoms with van der Waals surface area (Å²) in [6, 6.07) is 13.3. The fourth-order valence-electron chi connectivity index (χ4n) is 5.12. The molecule has 202 valence electrons. The average molecular weight is 529 g/mol. The number of ether oxygens (including phenoxy) is 3. The number of pyridine rings is 1. The van der Waals surface area contributed by atoms with Crippen LogP contribution < -0.4 is 24.3 Å². The molecule has 3 aromatic rings. The smallest absolute Gasteiger partial charge is 0.295 e. The molecule has 2 aliphatic heterocycles. The lowest BCUT2D eigenvalue weighted by Gasteiger charge is -2.28. The summed E-state index contributed by atoms with van der Waals surface area (Å²) in [5, 5.41) is 13.9. The first-order valence-electron chi connectivity index (χ1n) is 13.3. The van der Waals surface area contributed by atoms with E-state index in [4.69, 9.17) is 14.2 Å². The topological polar surface area (TPSA) is 102 Å². The lowest BCUT2D eigenvalue weighted by Crippen LogP contribution is -2.29. The molecule has 39 heavy (non-hydrogen) atoms. The van der Waals surface area contributed by atoms with Crippen molar-refractivity contribution in [1.82, 2.24) is 4.90 Å². The van der Waals surface area contributed by atoms with E-state index in [1.54, 1.807) is 48.8 Å². The third kappa shape index (κ3) is 5.19. The molecule has 8 nitrogen and oxygen atoms in total. The minimum absolute atomic E-state index is 0.0176. The van der Waals surface area contributed by atoms with E-state index in [0.717, 1.165) is 23.3 Å². The number of aromatic amines is 1. The number of H-pyrrole nitrogens is 1. The number of carbonyl (C=O) groups excluding carboxylic acids is 2. The lowest BCUT2D eigenvalue weighted by atomic mass is 9.94. The van der Waals surface area contributed by atoms with Gasteiger partial charge in [0.2, 0.25) is 5.78 Å². The molecule has 1 amide bonds. The highest BCUT2D eigenvalue weighted by Gasteiger charge is 2.44. The Labute approximate surface area is 227 Å². The second kappa shape index (κ2) is 11.2. The average Bonchev–Trinajstić information content (AvgIpc) is 3.43. The Hall–Kier alpha value is -4.33. The number of ketones is 1. The van der Waals surface area contributed by atoms with Crippen LogP contribution in [0.3, 0.4) is 0 Å². The van der Waals surface area contributed by atoms with E-state index < -0.39 is 23.5 Å². The number of benzene rings is 2. The molecule has 5 rings (SSSR count). The van der Waals surface area contributed by atoms with Gasteiger partial charge in [-0.25, -0.2) is 4.98 Å². The number of hydrogen-bond acceptors (Lipinski definition) is 6. The van der Waals surface area contributed by atoms with Gasteiger partial charge in [0, 0.05) is 23.6 Å². The number of nitrogens with zero attached hydrogens (tertiary/aromatic N) is 1. The third-order valence-corrected chi connectivity index (χ3v) is 6.86. The standard InChI is InChI=1S/C31H32N2O6/c1-4-13-38-25-11-8-21(16-26(25)37-5-2)28-27(29(34)22-9-10-24-23(15-22)14-19(3)39-24)30(35)31(36)33(28)18-20-7-6-12-32-17-20/h6-12,15-17,19,28,34H,4-5,13-14,18H2,1-3H3. The monoisotopic (exact) mass is 528 g/mol. The minimum Gasteiger partial charge on any atom is -0.872 e. The highest BCUT2D eigenvalue weighted by atomic mass is 16.5. The molecule has 0 saturated carbocycles. The van der Waals surface area contributed by atoms with Gasteiger partial charge in [-0.1, -0.05) is 24.8 Å². The number of amides is 1. The van der Waals surface area contributed by atoms with E-state index in [0.29, 0.717) is 42.3 Å². The Balaban J connectivity index is 1.63. The normalized spacial score (nSPS) is 19.6. The number of nitrogens with one attached hydrogen (secondary N) is 1. The minimum atomic E-state index is -0.888. The zero-order valence-electron chi connectivity index (χ0n) is 22.4. The second-order valence-corrected chi connectivity index (χ2v) is 9.76. The van der Waals surface area contributed by atoms with Gasteiger partial charge in [-0.15, -0.1) is 0 Å². The van der Waals surface area contributed by atoms with Crippen LogP contribution >= 0.6 is 0 Å². The molecule has 2 aliphatic rings. The van der Waals surface area contributed by atoms with Crippen molar-refractivity contribution in [2.24, 2.45) is 0 Å². The van der Waals surface area contributed by atoms with Crippen molar-refractivity contribution in [3.05, 3.63) is 88.8 Å². The summed E-state index contributed by atoms with van der Waals surface area (Å²) in [7, 11) is 0. The second-order valence-electron chi connectivity index (χ2n) is 9.76. The van der Waals surface area contributed by atoms with Crippen molar-refractivity contribution in [1.29, 1.82) is 0 Å². The first-order chi connectivity index (χ1) is 18.9. The van der Waals surface area contributed by atoms with Gasteiger partial charge < -0.3 is 24.2 Å². The maximum Gasteiger partial charge on any atom is 0.295 e. The summed E-state index contributed by atoms with van der Waals surface area (Å²) in [5.74, 6) is -0.164. The largest absolute Gasteiger partial charge is 0.872 e. The van der Waals surface area contributed by atoms with E-state index in [1.807, 2.05) is 32.9 Å². The Bertz CT molecular complexity index is 1420. The van der Waals surface area contributed by atoms with E-state index in [9.17, 15) is 14.7 Å². The third-order valence-electron chi connectivity index (χ3n) is 6.86. The number of hydrogen-bond donors (Lipinski definition) is 0. The van der Waals surface area contributed by atoms with E-state index in [1.165, 1.54) is 4.90 Å². The van der Waals surface area contributed by atoms with Gasteiger partial charge in [0.25, 0.3) is 5.91 Å². The zero-order chi connectivity index (χ0) is 27.5. The molecule has 0 radical (unpaired) electrons. The summed E-state index contributed by atoms with van der Waals surface area (Å²) >= 11 is 0. The van der Waals surface area contributed by atoms with Crippen molar-refractivity contribution in [3.63, 3.8) is 0 Å². The van der Waals surface area contributed by atoms with Crippen LogP contribution in [0.4, 0.5) is 0 Å². The van der Waals surface area contributed by atoms with Crippen molar-refractivity contribution < 1.29 is 33.9 Å². The first kappa shape index (κ1) is 26.3. The van der Waals surface area contributed by atoms with Crippen molar-refractivity contribution in [2.45, 2.75) is 52.3 Å². The summed E-state index contributed by atoms with van der Waals surface area (Å²) in [6.45, 7) is 6.93. The number of Topliss-reactive ketones (excluding diaryl/α,β-unsaturated/α-hetero) is 1. The number of rotatable bonds is 9. The highest BCUT2D eigenvalue weighted by molar-refractivity contribution is 6.46. The van der Waals surface area contributed by atoms with Crippen LogP contribution in [0.2, 0.25) is 0 Å². The van der Waals surface area contributed by atoms with Gasteiger partial charge in [-0.05, 0) is 67.3 Å². The molecule has 1 aromatic heterocycles. The van der Waals surface area contributed by atoms with Crippen LogP contribution in [0.5, 0.6) is 17.2 Å². The van der Waals surface area contributed by atoms with Crippen molar-refractivity contribution >= 4 is 17.4 Å². The fraction of sp³-hybridized carbons (Fsp3) is 0.323. The number of likely N-dealkylation sites (tertiary alicyclic amines) is 1. The Morgan fingerprint density at radius 3 is 2.69 bits per heavy atom. The molecular formula is C31H32N2O6. The molecule has 1 fully saturated rings. The van der Waals surface area contributed by atoms with Gasteiger partial charge in [0.05, 0.1) is 25.8 Å². The maximum absolute atomic E-state index is 13.9. The number of aromatic nitrogens is 1. The van der Waals surface area contributed by atoms with Crippen LogP contribution in [-0.4, -0.2) is 35.9 Å². The van der Waals surface area contributed by atoms with Gasteiger partial charge in [-0.3, -0.25) is 9.59 Å². The predicted octanol–water partition coefficient (Wildman–Crippen LogP) is 3.44. The van der Waals surface area contributed by atoms with Crippen LogP contribution in [-0.2, 0) is 22.6 Å². The van der Waals surface area contributed by atoms with Crippen LogP contribution in [0.25, 0.3) is 5.76 Å².